The van der Waals surface area contributed by atoms with Crippen molar-refractivity contribution < 1.29 is 19.4 Å². The van der Waals surface area contributed by atoms with E-state index in [2.05, 4.69) is 26.1 Å². The zero-order valence-corrected chi connectivity index (χ0v) is 29.2. The molecule has 0 radical (unpaired) electrons. The molecule has 0 rings (SSSR count). The maximum atomic E-state index is 12.2. The summed E-state index contributed by atoms with van der Waals surface area (Å²) in [6.07, 6.45) is 36.3. The van der Waals surface area contributed by atoms with E-state index >= 15 is 0 Å². The van der Waals surface area contributed by atoms with Gasteiger partial charge in [0.25, 0.3) is 0 Å². The lowest BCUT2D eigenvalue weighted by molar-refractivity contribution is -0.149. The third-order valence-electron chi connectivity index (χ3n) is 8.78. The van der Waals surface area contributed by atoms with E-state index < -0.39 is 18.0 Å². The lowest BCUT2D eigenvalue weighted by atomic mass is 10.0. The predicted octanol–water partition coefficient (Wildman–Crippen LogP) is 11.6. The Morgan fingerprint density at radius 3 is 1.33 bits per heavy atom. The topological polar surface area (TPSA) is 75.6 Å². The molecule has 0 aliphatic heterocycles. The number of carboxylic acid groups (broad SMARTS) is 1. The first-order valence-corrected chi connectivity index (χ1v) is 19.1. The zero-order chi connectivity index (χ0) is 31.6. The molecule has 0 aromatic heterocycles. The van der Waals surface area contributed by atoms with Crippen LogP contribution in [0.5, 0.6) is 0 Å². The minimum Gasteiger partial charge on any atom is -0.480 e. The van der Waals surface area contributed by atoms with Gasteiger partial charge >= 0.3 is 11.9 Å². The lowest BCUT2D eigenvalue weighted by Crippen LogP contribution is -2.39. The first-order valence-electron chi connectivity index (χ1n) is 19.1. The Bertz CT molecular complexity index is 594. The van der Waals surface area contributed by atoms with Gasteiger partial charge in [0.05, 0.1) is 13.0 Å². The van der Waals surface area contributed by atoms with E-state index in [1.54, 1.807) is 0 Å². The molecule has 5 nitrogen and oxygen atoms in total. The van der Waals surface area contributed by atoms with Gasteiger partial charge in [0.1, 0.15) is 6.04 Å². The minimum absolute atomic E-state index is 0.0914. The van der Waals surface area contributed by atoms with Crippen LogP contribution in [0, 0.1) is 5.92 Å². The average Bonchev–Trinajstić information content (AvgIpc) is 2.98. The second-order valence-electron chi connectivity index (χ2n) is 13.6. The number of hydrogen-bond donors (Lipinski definition) is 2. The van der Waals surface area contributed by atoms with Crippen LogP contribution in [-0.2, 0) is 14.3 Å². The summed E-state index contributed by atoms with van der Waals surface area (Å²) in [4.78, 5) is 23.7. The molecule has 0 spiro atoms. The number of carbonyl (C=O) groups is 2. The Morgan fingerprint density at radius 1 is 0.558 bits per heavy atom. The van der Waals surface area contributed by atoms with Crippen LogP contribution < -0.4 is 5.32 Å². The highest BCUT2D eigenvalue weighted by Gasteiger charge is 2.21. The molecular weight excluding hydrogens is 534 g/mol. The third-order valence-corrected chi connectivity index (χ3v) is 8.78. The summed E-state index contributed by atoms with van der Waals surface area (Å²) in [5, 5.41) is 12.5. The van der Waals surface area contributed by atoms with Crippen LogP contribution in [0.25, 0.3) is 0 Å². The smallest absolute Gasteiger partial charge is 0.321 e. The van der Waals surface area contributed by atoms with Crippen LogP contribution in [0.4, 0.5) is 0 Å². The standard InChI is InChI=1S/C38H75NO4/c1-4-5-6-7-8-9-10-11-14-17-20-23-26-29-32-39-36(38(41)42)34-37(40)43-33-30-27-24-21-18-15-12-13-16-19-22-25-28-31-35(2)3/h35-36,39H,4-34H2,1-3H3,(H,41,42)/t36-/m0/s1. The van der Waals surface area contributed by atoms with Crippen molar-refractivity contribution in [3.8, 4) is 0 Å². The first kappa shape index (κ1) is 41.9. The minimum atomic E-state index is -0.969. The molecule has 0 unspecified atom stereocenters. The number of carboxylic acids is 1. The number of carbonyl (C=O) groups excluding carboxylic acids is 1. The largest absolute Gasteiger partial charge is 0.480 e. The fourth-order valence-electron chi connectivity index (χ4n) is 5.85. The van der Waals surface area contributed by atoms with Crippen LogP contribution in [-0.4, -0.2) is 36.2 Å². The number of nitrogens with one attached hydrogen (secondary N) is 1. The molecule has 0 bridgehead atoms. The Labute approximate surface area is 268 Å². The molecule has 0 fully saturated rings. The van der Waals surface area contributed by atoms with Crippen molar-refractivity contribution >= 4 is 11.9 Å². The van der Waals surface area contributed by atoms with Gasteiger partial charge in [-0.15, -0.1) is 0 Å². The van der Waals surface area contributed by atoms with Crippen LogP contribution in [0.2, 0.25) is 0 Å². The maximum absolute atomic E-state index is 12.2. The van der Waals surface area contributed by atoms with Crippen LogP contribution in [0.3, 0.4) is 0 Å². The predicted molar refractivity (Wildman–Crippen MR) is 185 cm³/mol. The third kappa shape index (κ3) is 33.6. The van der Waals surface area contributed by atoms with Gasteiger partial charge in [-0.05, 0) is 25.3 Å². The van der Waals surface area contributed by atoms with Crippen molar-refractivity contribution in [1.82, 2.24) is 5.32 Å². The highest BCUT2D eigenvalue weighted by Crippen LogP contribution is 2.15. The summed E-state index contributed by atoms with van der Waals surface area (Å²) in [5.41, 5.74) is 0. The fraction of sp³-hybridized carbons (Fsp3) is 0.947. The lowest BCUT2D eigenvalue weighted by Gasteiger charge is -2.14. The van der Waals surface area contributed by atoms with Crippen molar-refractivity contribution in [2.45, 2.75) is 213 Å². The summed E-state index contributed by atoms with van der Waals surface area (Å²) in [7, 11) is 0. The molecule has 43 heavy (non-hydrogen) atoms. The van der Waals surface area contributed by atoms with Crippen LogP contribution >= 0.6 is 0 Å². The van der Waals surface area contributed by atoms with Gasteiger partial charge in [-0.1, -0.05) is 188 Å². The van der Waals surface area contributed by atoms with Gasteiger partial charge in [-0.2, -0.15) is 0 Å². The molecule has 5 heteroatoms. The quantitative estimate of drug-likeness (QED) is 0.0552. The number of esters is 1. The molecule has 1 atom stereocenters. The Kier molecular flexibility index (Phi) is 32.9. The fourth-order valence-corrected chi connectivity index (χ4v) is 5.85. The number of ether oxygens (including phenoxy) is 1. The number of unbranched alkanes of at least 4 members (excludes halogenated alkanes) is 25. The van der Waals surface area contributed by atoms with Gasteiger partial charge in [0, 0.05) is 0 Å². The number of aliphatic carboxylic acids is 1. The molecule has 0 aromatic rings. The van der Waals surface area contributed by atoms with E-state index in [0.717, 1.165) is 31.6 Å². The van der Waals surface area contributed by atoms with Crippen molar-refractivity contribution in [3.05, 3.63) is 0 Å². The van der Waals surface area contributed by atoms with Crippen molar-refractivity contribution in [2.75, 3.05) is 13.2 Å². The van der Waals surface area contributed by atoms with Gasteiger partial charge in [-0.25, -0.2) is 0 Å². The molecule has 0 aromatic carbocycles. The Balaban J connectivity index is 3.50. The van der Waals surface area contributed by atoms with E-state index in [0.29, 0.717) is 13.2 Å². The highest BCUT2D eigenvalue weighted by molar-refractivity contribution is 5.81. The van der Waals surface area contributed by atoms with E-state index in [1.165, 1.54) is 154 Å². The molecule has 0 amide bonds. The molecule has 0 aliphatic rings. The average molecular weight is 610 g/mol. The second-order valence-corrected chi connectivity index (χ2v) is 13.6. The Hall–Kier alpha value is -1.10. The zero-order valence-electron chi connectivity index (χ0n) is 29.2. The number of rotatable bonds is 35. The maximum Gasteiger partial charge on any atom is 0.321 e. The monoisotopic (exact) mass is 610 g/mol. The SMILES string of the molecule is CCCCCCCCCCCCCCCCN[C@@H](CC(=O)OCCCCCCCCCCCCCCCC(C)C)C(=O)O. The van der Waals surface area contributed by atoms with Crippen LogP contribution in [0.1, 0.15) is 207 Å². The number of hydrogen-bond acceptors (Lipinski definition) is 4. The Morgan fingerprint density at radius 2 is 0.930 bits per heavy atom. The van der Waals surface area contributed by atoms with Gasteiger partial charge in [-0.3, -0.25) is 9.59 Å². The molecule has 2 N–H and O–H groups in total. The summed E-state index contributed by atoms with van der Waals surface area (Å²) < 4.78 is 5.33. The molecular formula is C38H75NO4. The van der Waals surface area contributed by atoms with E-state index in [-0.39, 0.29) is 6.42 Å². The van der Waals surface area contributed by atoms with E-state index in [4.69, 9.17) is 4.74 Å². The molecule has 0 saturated carbocycles. The summed E-state index contributed by atoms with van der Waals surface area (Å²) in [5.74, 6) is -0.521. The normalized spacial score (nSPS) is 12.2. The molecule has 256 valence electrons. The van der Waals surface area contributed by atoms with Gasteiger partial charge in [0.15, 0.2) is 0 Å². The summed E-state index contributed by atoms with van der Waals surface area (Å²) in [6, 6.07) is -0.848. The van der Waals surface area contributed by atoms with Crippen molar-refractivity contribution in [3.63, 3.8) is 0 Å². The summed E-state index contributed by atoms with van der Waals surface area (Å²) in [6.45, 7) is 7.94. The van der Waals surface area contributed by atoms with E-state index in [1.807, 2.05) is 0 Å². The molecule has 0 aliphatic carbocycles. The second kappa shape index (κ2) is 33.8. The van der Waals surface area contributed by atoms with Gasteiger partial charge < -0.3 is 15.2 Å². The van der Waals surface area contributed by atoms with Crippen LogP contribution in [0.15, 0.2) is 0 Å². The van der Waals surface area contributed by atoms with E-state index in [9.17, 15) is 14.7 Å². The van der Waals surface area contributed by atoms with Gasteiger partial charge in [0.2, 0.25) is 0 Å². The van der Waals surface area contributed by atoms with Crippen molar-refractivity contribution in [2.24, 2.45) is 5.92 Å². The highest BCUT2D eigenvalue weighted by atomic mass is 16.5. The van der Waals surface area contributed by atoms with Crippen molar-refractivity contribution in [1.29, 1.82) is 0 Å². The molecule has 0 saturated heterocycles. The molecule has 0 heterocycles. The first-order chi connectivity index (χ1) is 21.0. The summed E-state index contributed by atoms with van der Waals surface area (Å²) >= 11 is 0.